The fourth-order valence-electron chi connectivity index (χ4n) is 4.41. The molecule has 1 amide bonds. The van der Waals surface area contributed by atoms with Crippen molar-refractivity contribution in [1.82, 2.24) is 30.0 Å². The van der Waals surface area contributed by atoms with E-state index in [4.69, 9.17) is 4.98 Å². The van der Waals surface area contributed by atoms with Gasteiger partial charge >= 0.3 is 0 Å². The Hall–Kier alpha value is -2.67. The first-order chi connectivity index (χ1) is 13.0. The second kappa shape index (κ2) is 5.92. The van der Waals surface area contributed by atoms with Crippen LogP contribution in [0.2, 0.25) is 0 Å². The summed E-state index contributed by atoms with van der Waals surface area (Å²) in [5.41, 5.74) is 4.18. The Balaban J connectivity index is 1.41. The molecule has 140 valence electrons. The number of rotatable bonds is 3. The van der Waals surface area contributed by atoms with Gasteiger partial charge in [-0.25, -0.2) is 4.98 Å². The molecular weight excluding hydrogens is 340 g/mol. The van der Waals surface area contributed by atoms with Gasteiger partial charge in [0.25, 0.3) is 5.91 Å². The van der Waals surface area contributed by atoms with E-state index in [9.17, 15) is 4.79 Å². The van der Waals surface area contributed by atoms with Crippen LogP contribution in [0.3, 0.4) is 0 Å². The number of aromatic amines is 2. The first-order valence-electron chi connectivity index (χ1n) is 9.58. The normalized spacial score (nSPS) is 22.4. The van der Waals surface area contributed by atoms with Crippen LogP contribution in [0.1, 0.15) is 36.5 Å². The Labute approximate surface area is 157 Å². The zero-order valence-corrected chi connectivity index (χ0v) is 15.9. The number of amides is 1. The third-order valence-corrected chi connectivity index (χ3v) is 6.00. The topological polar surface area (TPSA) is 80.9 Å². The van der Waals surface area contributed by atoms with E-state index in [0.29, 0.717) is 23.8 Å². The number of hydrogen-bond acceptors (Lipinski definition) is 4. The van der Waals surface area contributed by atoms with Gasteiger partial charge in [-0.1, -0.05) is 0 Å². The molecule has 2 fully saturated rings. The molecule has 7 heteroatoms. The Morgan fingerprint density at radius 3 is 2.70 bits per heavy atom. The highest BCUT2D eigenvalue weighted by molar-refractivity contribution is 5.98. The highest BCUT2D eigenvalue weighted by atomic mass is 16.2. The summed E-state index contributed by atoms with van der Waals surface area (Å²) in [6, 6.07) is 7.11. The third-order valence-electron chi connectivity index (χ3n) is 6.00. The minimum atomic E-state index is 0.0960. The minimum Gasteiger partial charge on any atom is -0.335 e. The van der Waals surface area contributed by atoms with Crippen LogP contribution in [0.5, 0.6) is 0 Å². The van der Waals surface area contributed by atoms with Crippen LogP contribution >= 0.6 is 0 Å². The van der Waals surface area contributed by atoms with Gasteiger partial charge in [-0.3, -0.25) is 14.8 Å². The average Bonchev–Trinajstić information content (AvgIpc) is 3.26. The van der Waals surface area contributed by atoms with Crippen molar-refractivity contribution in [1.29, 1.82) is 0 Å². The summed E-state index contributed by atoms with van der Waals surface area (Å²) in [5.74, 6) is 0.0960. The molecule has 3 aromatic rings. The average molecular weight is 364 g/mol. The molecule has 0 saturated carbocycles. The van der Waals surface area contributed by atoms with Crippen molar-refractivity contribution >= 4 is 16.9 Å². The molecule has 5 rings (SSSR count). The van der Waals surface area contributed by atoms with Crippen LogP contribution < -0.4 is 0 Å². The Kier molecular flexibility index (Phi) is 3.62. The maximum atomic E-state index is 13.1. The van der Waals surface area contributed by atoms with Gasteiger partial charge in [0.05, 0.1) is 11.9 Å². The standard InChI is InChI=1S/C20H24N6O/c1-11(2)25-9-14-7-15(10-25)26(14)20(27)18-6-13-4-5-17(22-19(13)23-18)16-8-21-24-12(16)3/h4-6,8,11,14-15H,7,9-10H2,1-3H3,(H,21,24)(H,22,23). The number of likely N-dealkylation sites (tertiary alicyclic amines) is 2. The van der Waals surface area contributed by atoms with Gasteiger partial charge in [-0.15, -0.1) is 0 Å². The predicted molar refractivity (Wildman–Crippen MR) is 103 cm³/mol. The number of nitrogens with one attached hydrogen (secondary N) is 2. The molecule has 0 radical (unpaired) electrons. The van der Waals surface area contributed by atoms with Crippen molar-refractivity contribution in [3.8, 4) is 11.3 Å². The maximum Gasteiger partial charge on any atom is 0.270 e. The maximum absolute atomic E-state index is 13.1. The lowest BCUT2D eigenvalue weighted by atomic mass is 9.86. The van der Waals surface area contributed by atoms with Crippen molar-refractivity contribution in [2.24, 2.45) is 0 Å². The third kappa shape index (κ3) is 2.56. The highest BCUT2D eigenvalue weighted by Gasteiger charge is 2.47. The van der Waals surface area contributed by atoms with Crippen LogP contribution in [0, 0.1) is 6.92 Å². The zero-order chi connectivity index (χ0) is 18.7. The molecule has 0 spiro atoms. The van der Waals surface area contributed by atoms with E-state index in [1.54, 1.807) is 6.20 Å². The SMILES string of the molecule is Cc1[nH]ncc1-c1ccc2cc(C(=O)N3C4CC3CN(C(C)C)C4)[nH]c2n1. The van der Waals surface area contributed by atoms with Crippen molar-refractivity contribution in [2.75, 3.05) is 13.1 Å². The monoisotopic (exact) mass is 364 g/mol. The fourth-order valence-corrected chi connectivity index (χ4v) is 4.41. The molecule has 5 heterocycles. The van der Waals surface area contributed by atoms with Gasteiger partial charge in [0, 0.05) is 47.9 Å². The molecule has 2 aliphatic rings. The number of piperidine rings is 1. The summed E-state index contributed by atoms with van der Waals surface area (Å²) in [4.78, 5) is 25.6. The van der Waals surface area contributed by atoms with Crippen molar-refractivity contribution < 1.29 is 4.79 Å². The van der Waals surface area contributed by atoms with E-state index in [-0.39, 0.29) is 5.91 Å². The van der Waals surface area contributed by atoms with E-state index in [2.05, 4.69) is 38.8 Å². The van der Waals surface area contributed by atoms with E-state index in [1.165, 1.54) is 0 Å². The second-order valence-corrected chi connectivity index (χ2v) is 8.03. The van der Waals surface area contributed by atoms with Crippen LogP contribution in [0.4, 0.5) is 0 Å². The number of H-pyrrole nitrogens is 2. The summed E-state index contributed by atoms with van der Waals surface area (Å²) in [7, 11) is 0. The second-order valence-electron chi connectivity index (χ2n) is 8.03. The number of fused-ring (bicyclic) bond motifs is 3. The molecular formula is C20H24N6O. The summed E-state index contributed by atoms with van der Waals surface area (Å²) >= 11 is 0. The van der Waals surface area contributed by atoms with Gasteiger partial charge in [-0.2, -0.15) is 5.10 Å². The van der Waals surface area contributed by atoms with Gasteiger partial charge in [0.1, 0.15) is 11.3 Å². The number of carbonyl (C=O) groups is 1. The lowest BCUT2D eigenvalue weighted by molar-refractivity contribution is -0.0565. The van der Waals surface area contributed by atoms with Crippen LogP contribution in [-0.4, -0.2) is 67.1 Å². The molecule has 2 unspecified atom stereocenters. The zero-order valence-electron chi connectivity index (χ0n) is 15.9. The molecule has 2 atom stereocenters. The Morgan fingerprint density at radius 2 is 2.04 bits per heavy atom. The summed E-state index contributed by atoms with van der Waals surface area (Å²) in [6.07, 6.45) is 2.90. The molecule has 2 N–H and O–H groups in total. The number of nitrogens with zero attached hydrogens (tertiary/aromatic N) is 4. The van der Waals surface area contributed by atoms with Crippen molar-refractivity contribution in [3.05, 3.63) is 35.8 Å². The molecule has 0 aromatic carbocycles. The van der Waals surface area contributed by atoms with Gasteiger partial charge in [0.2, 0.25) is 0 Å². The first kappa shape index (κ1) is 16.5. The molecule has 2 bridgehead atoms. The molecule has 2 aliphatic heterocycles. The van der Waals surface area contributed by atoms with Gasteiger partial charge in [0.15, 0.2) is 0 Å². The smallest absolute Gasteiger partial charge is 0.270 e. The minimum absolute atomic E-state index is 0.0960. The number of pyridine rings is 1. The quantitative estimate of drug-likeness (QED) is 0.748. The number of hydrogen-bond donors (Lipinski definition) is 2. The van der Waals surface area contributed by atoms with E-state index >= 15 is 0 Å². The number of aryl methyl sites for hydroxylation is 1. The first-order valence-corrected chi connectivity index (χ1v) is 9.58. The molecule has 7 nitrogen and oxygen atoms in total. The molecule has 2 saturated heterocycles. The van der Waals surface area contributed by atoms with Crippen LogP contribution in [-0.2, 0) is 0 Å². The lowest BCUT2D eigenvalue weighted by Gasteiger charge is -2.57. The van der Waals surface area contributed by atoms with E-state index in [0.717, 1.165) is 47.5 Å². The van der Waals surface area contributed by atoms with Crippen molar-refractivity contribution in [2.45, 2.75) is 45.3 Å². The van der Waals surface area contributed by atoms with Crippen LogP contribution in [0.15, 0.2) is 24.4 Å². The summed E-state index contributed by atoms with van der Waals surface area (Å²) in [5, 5.41) is 7.96. The van der Waals surface area contributed by atoms with Gasteiger partial charge < -0.3 is 9.88 Å². The lowest BCUT2D eigenvalue weighted by Crippen LogP contribution is -2.70. The largest absolute Gasteiger partial charge is 0.335 e. The highest BCUT2D eigenvalue weighted by Crippen LogP contribution is 2.34. The summed E-state index contributed by atoms with van der Waals surface area (Å²) in [6.45, 7) is 8.37. The number of aromatic nitrogens is 4. The van der Waals surface area contributed by atoms with E-state index < -0.39 is 0 Å². The number of piperazine rings is 1. The van der Waals surface area contributed by atoms with Crippen LogP contribution in [0.25, 0.3) is 22.3 Å². The molecule has 0 aliphatic carbocycles. The summed E-state index contributed by atoms with van der Waals surface area (Å²) < 4.78 is 0. The Morgan fingerprint density at radius 1 is 1.26 bits per heavy atom. The number of carbonyl (C=O) groups excluding carboxylic acids is 1. The van der Waals surface area contributed by atoms with Gasteiger partial charge in [-0.05, 0) is 45.4 Å². The Bertz CT molecular complexity index is 1010. The van der Waals surface area contributed by atoms with E-state index in [1.807, 2.05) is 25.1 Å². The predicted octanol–water partition coefficient (Wildman–Crippen LogP) is 2.57. The molecule has 3 aromatic heterocycles. The molecule has 27 heavy (non-hydrogen) atoms. The van der Waals surface area contributed by atoms with Crippen molar-refractivity contribution in [3.63, 3.8) is 0 Å². The fraction of sp³-hybridized carbons (Fsp3) is 0.450.